The van der Waals surface area contributed by atoms with Crippen LogP contribution >= 0.6 is 11.3 Å². The molecule has 3 aromatic rings. The van der Waals surface area contributed by atoms with Crippen LogP contribution in [0.1, 0.15) is 12.0 Å². The molecule has 1 atom stereocenters. The van der Waals surface area contributed by atoms with E-state index >= 15 is 0 Å². The number of aromatic nitrogens is 1. The average Bonchev–Trinajstić information content (AvgIpc) is 3.27. The lowest BCUT2D eigenvalue weighted by Gasteiger charge is -2.17. The molecule has 4 rings (SSSR count). The highest BCUT2D eigenvalue weighted by molar-refractivity contribution is 7.18. The third-order valence-corrected chi connectivity index (χ3v) is 5.42. The lowest BCUT2D eigenvalue weighted by molar-refractivity contribution is -0.128. The Kier molecular flexibility index (Phi) is 4.67. The number of nitrogens with zero attached hydrogens (tertiary/aromatic N) is 2. The predicted octanol–water partition coefficient (Wildman–Crippen LogP) is 4.16. The van der Waals surface area contributed by atoms with Crippen molar-refractivity contribution >= 4 is 22.4 Å². The summed E-state index contributed by atoms with van der Waals surface area (Å²) in [7, 11) is 0. The Hall–Kier alpha value is -2.73. The third-order valence-electron chi connectivity index (χ3n) is 4.45. The molecule has 2 heterocycles. The molecule has 1 aliphatic heterocycles. The fourth-order valence-electron chi connectivity index (χ4n) is 3.07. The minimum Gasteiger partial charge on any atom is -0.350 e. The maximum absolute atomic E-state index is 13.0. The summed E-state index contributed by atoms with van der Waals surface area (Å²) in [5, 5.41) is 4.02. The molecule has 1 amide bonds. The van der Waals surface area contributed by atoms with Crippen molar-refractivity contribution in [3.05, 3.63) is 72.2 Å². The van der Waals surface area contributed by atoms with E-state index < -0.39 is 0 Å². The molecule has 6 heteroatoms. The summed E-state index contributed by atoms with van der Waals surface area (Å²) in [5.41, 5.74) is 2.05. The number of hydrogen-bond donors (Lipinski definition) is 1. The Labute approximate surface area is 155 Å². The molecule has 1 saturated heterocycles. The molecular formula is C20H18FN3OS. The number of rotatable bonds is 5. The van der Waals surface area contributed by atoms with Crippen LogP contribution < -0.4 is 5.32 Å². The molecular weight excluding hydrogens is 349 g/mol. The van der Waals surface area contributed by atoms with Crippen LogP contribution in [0.25, 0.3) is 10.4 Å². The number of likely N-dealkylation sites (tertiary alicyclic amines) is 1. The van der Waals surface area contributed by atoms with Gasteiger partial charge in [0.15, 0.2) is 5.13 Å². The van der Waals surface area contributed by atoms with E-state index in [2.05, 4.69) is 10.3 Å². The maximum Gasteiger partial charge on any atom is 0.245 e. The Morgan fingerprint density at radius 3 is 2.69 bits per heavy atom. The van der Waals surface area contributed by atoms with Crippen molar-refractivity contribution in [2.45, 2.75) is 19.0 Å². The zero-order valence-electron chi connectivity index (χ0n) is 14.1. The molecule has 0 saturated carbocycles. The van der Waals surface area contributed by atoms with Gasteiger partial charge < -0.3 is 10.2 Å². The Morgan fingerprint density at radius 1 is 1.15 bits per heavy atom. The minimum atomic E-state index is -0.265. The SMILES string of the molecule is O=C1C(Nc2ncc(-c3ccccc3)s2)CCN1Cc1ccc(F)cc1. The highest BCUT2D eigenvalue weighted by Crippen LogP contribution is 2.30. The second-order valence-electron chi connectivity index (χ2n) is 6.27. The molecule has 4 nitrogen and oxygen atoms in total. The topological polar surface area (TPSA) is 45.2 Å². The molecule has 26 heavy (non-hydrogen) atoms. The van der Waals surface area contributed by atoms with E-state index in [-0.39, 0.29) is 17.8 Å². The molecule has 1 N–H and O–H groups in total. The Morgan fingerprint density at radius 2 is 1.92 bits per heavy atom. The van der Waals surface area contributed by atoms with Crippen LogP contribution in [-0.2, 0) is 11.3 Å². The van der Waals surface area contributed by atoms with E-state index in [4.69, 9.17) is 0 Å². The van der Waals surface area contributed by atoms with Gasteiger partial charge in [0.25, 0.3) is 0 Å². The van der Waals surface area contributed by atoms with Crippen molar-refractivity contribution in [1.82, 2.24) is 9.88 Å². The summed E-state index contributed by atoms with van der Waals surface area (Å²) in [4.78, 5) is 19.9. The van der Waals surface area contributed by atoms with Crippen LogP contribution in [0.15, 0.2) is 60.8 Å². The van der Waals surface area contributed by atoms with Gasteiger partial charge in [-0.05, 0) is 29.7 Å². The van der Waals surface area contributed by atoms with Gasteiger partial charge in [0.1, 0.15) is 11.9 Å². The van der Waals surface area contributed by atoms with Crippen molar-refractivity contribution in [1.29, 1.82) is 0 Å². The summed E-state index contributed by atoms with van der Waals surface area (Å²) in [6.45, 7) is 1.19. The van der Waals surface area contributed by atoms with Crippen molar-refractivity contribution in [2.75, 3.05) is 11.9 Å². The highest BCUT2D eigenvalue weighted by Gasteiger charge is 2.32. The smallest absolute Gasteiger partial charge is 0.245 e. The van der Waals surface area contributed by atoms with Crippen molar-refractivity contribution in [3.63, 3.8) is 0 Å². The first kappa shape index (κ1) is 16.7. The number of halogens is 1. The van der Waals surface area contributed by atoms with Gasteiger partial charge >= 0.3 is 0 Å². The predicted molar refractivity (Wildman–Crippen MR) is 101 cm³/mol. The number of carbonyl (C=O) groups is 1. The van der Waals surface area contributed by atoms with Crippen molar-refractivity contribution < 1.29 is 9.18 Å². The van der Waals surface area contributed by atoms with Crippen LogP contribution in [0.2, 0.25) is 0 Å². The fourth-order valence-corrected chi connectivity index (χ4v) is 3.94. The van der Waals surface area contributed by atoms with Crippen molar-refractivity contribution in [2.24, 2.45) is 0 Å². The van der Waals surface area contributed by atoms with E-state index in [9.17, 15) is 9.18 Å². The molecule has 1 unspecified atom stereocenters. The standard InChI is InChI=1S/C20H18FN3OS/c21-16-8-6-14(7-9-16)13-24-11-10-17(19(24)25)23-20-22-12-18(26-20)15-4-2-1-3-5-15/h1-9,12,17H,10-11,13H2,(H,22,23). The van der Waals surface area contributed by atoms with Crippen LogP contribution in [0.3, 0.4) is 0 Å². The first-order valence-electron chi connectivity index (χ1n) is 8.50. The molecule has 0 spiro atoms. The van der Waals surface area contributed by atoms with Gasteiger partial charge in [-0.25, -0.2) is 9.37 Å². The number of hydrogen-bond acceptors (Lipinski definition) is 4. The quantitative estimate of drug-likeness (QED) is 0.736. The van der Waals surface area contributed by atoms with E-state index in [0.717, 1.165) is 27.6 Å². The van der Waals surface area contributed by atoms with Gasteiger partial charge in [0, 0.05) is 19.3 Å². The summed E-state index contributed by atoms with van der Waals surface area (Å²) in [5.74, 6) is -0.204. The second-order valence-corrected chi connectivity index (χ2v) is 7.30. The number of thiazole rings is 1. The summed E-state index contributed by atoms with van der Waals surface area (Å²) in [6, 6.07) is 16.1. The Bertz CT molecular complexity index is 895. The largest absolute Gasteiger partial charge is 0.350 e. The van der Waals surface area contributed by atoms with Crippen molar-refractivity contribution in [3.8, 4) is 10.4 Å². The first-order chi connectivity index (χ1) is 12.7. The number of anilines is 1. The molecule has 0 bridgehead atoms. The summed E-state index contributed by atoms with van der Waals surface area (Å²) >= 11 is 1.55. The number of nitrogens with one attached hydrogen (secondary N) is 1. The molecule has 0 aliphatic carbocycles. The third kappa shape index (κ3) is 3.60. The highest BCUT2D eigenvalue weighted by atomic mass is 32.1. The van der Waals surface area contributed by atoms with Crippen LogP contribution in [0.5, 0.6) is 0 Å². The van der Waals surface area contributed by atoms with Gasteiger partial charge in [-0.2, -0.15) is 0 Å². The van der Waals surface area contributed by atoms with Gasteiger partial charge in [0.05, 0.1) is 4.88 Å². The van der Waals surface area contributed by atoms with Gasteiger partial charge in [0.2, 0.25) is 5.91 Å². The molecule has 1 fully saturated rings. The first-order valence-corrected chi connectivity index (χ1v) is 9.32. The molecule has 2 aromatic carbocycles. The molecule has 132 valence electrons. The number of carbonyl (C=O) groups excluding carboxylic acids is 1. The number of amides is 1. The minimum absolute atomic E-state index is 0.0609. The van der Waals surface area contributed by atoms with E-state index in [1.165, 1.54) is 12.1 Å². The second kappa shape index (κ2) is 7.25. The maximum atomic E-state index is 13.0. The van der Waals surface area contributed by atoms with Gasteiger partial charge in [-0.3, -0.25) is 4.79 Å². The Balaban J connectivity index is 1.39. The lowest BCUT2D eigenvalue weighted by atomic mass is 10.2. The molecule has 0 radical (unpaired) electrons. The number of benzene rings is 2. The summed E-state index contributed by atoms with van der Waals surface area (Å²) < 4.78 is 13.0. The average molecular weight is 367 g/mol. The normalized spacial score (nSPS) is 16.9. The van der Waals surface area contributed by atoms with Gasteiger partial charge in [-0.1, -0.05) is 53.8 Å². The lowest BCUT2D eigenvalue weighted by Crippen LogP contribution is -2.33. The van der Waals surface area contributed by atoms with Crippen LogP contribution in [0, 0.1) is 5.82 Å². The molecule has 1 aliphatic rings. The fraction of sp³-hybridized carbons (Fsp3) is 0.200. The van der Waals surface area contributed by atoms with E-state index in [0.29, 0.717) is 13.1 Å². The zero-order valence-corrected chi connectivity index (χ0v) is 14.9. The van der Waals surface area contributed by atoms with Crippen LogP contribution in [0.4, 0.5) is 9.52 Å². The van der Waals surface area contributed by atoms with E-state index in [1.54, 1.807) is 28.4 Å². The molecule has 1 aromatic heterocycles. The summed E-state index contributed by atoms with van der Waals surface area (Å²) in [6.07, 6.45) is 2.57. The monoisotopic (exact) mass is 367 g/mol. The van der Waals surface area contributed by atoms with E-state index in [1.807, 2.05) is 36.5 Å². The van der Waals surface area contributed by atoms with Gasteiger partial charge in [-0.15, -0.1) is 0 Å². The van der Waals surface area contributed by atoms with Crippen LogP contribution in [-0.4, -0.2) is 28.4 Å². The zero-order chi connectivity index (χ0) is 17.9.